The summed E-state index contributed by atoms with van der Waals surface area (Å²) in [4.78, 5) is 23.2. The number of nitrogens with zero attached hydrogens (tertiary/aromatic N) is 4. The maximum atomic E-state index is 12.6. The zero-order valence-electron chi connectivity index (χ0n) is 23.9. The van der Waals surface area contributed by atoms with Crippen LogP contribution in [0.4, 0.5) is 17.1 Å². The van der Waals surface area contributed by atoms with Gasteiger partial charge in [0, 0.05) is 42.2 Å². The van der Waals surface area contributed by atoms with Crippen molar-refractivity contribution < 1.29 is 14.3 Å². The molecule has 0 atom stereocenters. The Morgan fingerprint density at radius 2 is 2.00 bits per heavy atom. The van der Waals surface area contributed by atoms with Crippen molar-refractivity contribution in [2.24, 2.45) is 4.99 Å². The Hall–Kier alpha value is -4.91. The summed E-state index contributed by atoms with van der Waals surface area (Å²) in [5, 5.41) is 17.0. The quantitative estimate of drug-likeness (QED) is 0.124. The smallest absolute Gasteiger partial charge is 0.248 e. The number of aromatic nitrogens is 1. The van der Waals surface area contributed by atoms with Crippen LogP contribution in [0, 0.1) is 11.3 Å². The first kappa shape index (κ1) is 31.6. The van der Waals surface area contributed by atoms with Crippen LogP contribution in [-0.2, 0) is 4.79 Å². The molecule has 0 aliphatic heterocycles. The lowest BCUT2D eigenvalue weighted by Gasteiger charge is -2.16. The molecular formula is C32H33ClN6O3. The van der Waals surface area contributed by atoms with E-state index in [0.717, 1.165) is 0 Å². The van der Waals surface area contributed by atoms with Crippen molar-refractivity contribution in [1.82, 2.24) is 9.88 Å². The third-order valence-electron chi connectivity index (χ3n) is 5.65. The molecule has 0 bridgehead atoms. The zero-order valence-corrected chi connectivity index (χ0v) is 24.6. The van der Waals surface area contributed by atoms with Gasteiger partial charge in [0.15, 0.2) is 0 Å². The summed E-state index contributed by atoms with van der Waals surface area (Å²) in [6.45, 7) is 10.3. The number of hydrogen-bond donors (Lipinski definition) is 2. The molecule has 2 N–H and O–H groups in total. The number of anilines is 3. The number of benzene rings is 2. The number of likely N-dealkylation sites (N-methyl/N-ethyl adjacent to an activating group) is 1. The van der Waals surface area contributed by atoms with Gasteiger partial charge in [-0.25, -0.2) is 0 Å². The average molecular weight is 585 g/mol. The highest BCUT2D eigenvalue weighted by molar-refractivity contribution is 6.32. The van der Waals surface area contributed by atoms with Gasteiger partial charge in [-0.05, 0) is 51.4 Å². The van der Waals surface area contributed by atoms with Gasteiger partial charge in [0.1, 0.15) is 24.2 Å². The standard InChI is InChI=1S/C32H33ClN6O3/c1-6-9-11-24(35-7-2)21-42-29-14-13-23(16-26(29)33)37-32-22(19-34)20-36-27-18-30(41-8-3)28(17-25(27)32)38-31(40)12-10-15-39(4)5/h6-7,9-14,16-18,20H,1-2,8,15,21H2,3-5H3,(H,36,37)(H,38,40)/b11-9-,12-10+,35-24+. The Bertz CT molecular complexity index is 1590. The molecule has 42 heavy (non-hydrogen) atoms. The summed E-state index contributed by atoms with van der Waals surface area (Å²) in [5.74, 6) is 0.619. The molecule has 10 heteroatoms. The topological polar surface area (TPSA) is 112 Å². The lowest BCUT2D eigenvalue weighted by molar-refractivity contribution is -0.111. The number of aliphatic imine (C=N–C) groups is 1. The number of rotatable bonds is 14. The predicted molar refractivity (Wildman–Crippen MR) is 171 cm³/mol. The van der Waals surface area contributed by atoms with Crippen molar-refractivity contribution in [3.63, 3.8) is 0 Å². The van der Waals surface area contributed by atoms with Gasteiger partial charge in [-0.3, -0.25) is 14.8 Å². The number of nitriles is 1. The van der Waals surface area contributed by atoms with E-state index in [0.29, 0.717) is 68.9 Å². The van der Waals surface area contributed by atoms with Gasteiger partial charge in [0.25, 0.3) is 0 Å². The van der Waals surface area contributed by atoms with Crippen molar-refractivity contribution in [3.8, 4) is 17.6 Å². The molecule has 216 valence electrons. The summed E-state index contributed by atoms with van der Waals surface area (Å²) < 4.78 is 11.6. The van der Waals surface area contributed by atoms with Crippen molar-refractivity contribution in [2.75, 3.05) is 44.5 Å². The highest BCUT2D eigenvalue weighted by atomic mass is 35.5. The minimum atomic E-state index is -0.306. The largest absolute Gasteiger partial charge is 0.492 e. The highest BCUT2D eigenvalue weighted by Crippen LogP contribution is 2.37. The van der Waals surface area contributed by atoms with E-state index < -0.39 is 0 Å². The summed E-state index contributed by atoms with van der Waals surface area (Å²) in [7, 11) is 3.83. The molecule has 0 saturated heterocycles. The molecule has 0 spiro atoms. The number of carbonyl (C=O) groups is 1. The second-order valence-electron chi connectivity index (χ2n) is 9.07. The van der Waals surface area contributed by atoms with Gasteiger partial charge in [0.05, 0.1) is 39.8 Å². The first-order valence-electron chi connectivity index (χ1n) is 13.1. The second-order valence-corrected chi connectivity index (χ2v) is 9.47. The number of pyridine rings is 1. The summed E-state index contributed by atoms with van der Waals surface area (Å²) >= 11 is 6.54. The van der Waals surface area contributed by atoms with Crippen LogP contribution in [0.5, 0.6) is 11.5 Å². The van der Waals surface area contributed by atoms with E-state index in [1.165, 1.54) is 18.5 Å². The number of carbonyl (C=O) groups excluding carboxylic acids is 1. The minimum absolute atomic E-state index is 0.178. The molecular weight excluding hydrogens is 552 g/mol. The Balaban J connectivity index is 1.95. The number of hydrogen-bond acceptors (Lipinski definition) is 8. The fourth-order valence-electron chi connectivity index (χ4n) is 3.77. The van der Waals surface area contributed by atoms with Crippen molar-refractivity contribution in [1.29, 1.82) is 5.26 Å². The number of amides is 1. The van der Waals surface area contributed by atoms with Crippen LogP contribution in [0.1, 0.15) is 12.5 Å². The van der Waals surface area contributed by atoms with E-state index in [2.05, 4.69) is 39.8 Å². The molecule has 3 rings (SSSR count). The molecule has 9 nitrogen and oxygen atoms in total. The molecule has 0 aliphatic carbocycles. The fourth-order valence-corrected chi connectivity index (χ4v) is 4.01. The third-order valence-corrected chi connectivity index (χ3v) is 5.94. The van der Waals surface area contributed by atoms with Crippen molar-refractivity contribution in [2.45, 2.75) is 6.92 Å². The first-order chi connectivity index (χ1) is 20.3. The van der Waals surface area contributed by atoms with Gasteiger partial charge < -0.3 is 25.0 Å². The number of halogens is 1. The van der Waals surface area contributed by atoms with Crippen LogP contribution in [0.25, 0.3) is 10.9 Å². The van der Waals surface area contributed by atoms with E-state index in [9.17, 15) is 10.1 Å². The first-order valence-corrected chi connectivity index (χ1v) is 13.4. The molecule has 1 heterocycles. The molecule has 0 radical (unpaired) electrons. The van der Waals surface area contributed by atoms with Gasteiger partial charge >= 0.3 is 0 Å². The zero-order chi connectivity index (χ0) is 30.5. The van der Waals surface area contributed by atoms with E-state index in [-0.39, 0.29) is 12.5 Å². The van der Waals surface area contributed by atoms with E-state index in [1.54, 1.807) is 54.6 Å². The molecule has 2 aromatic carbocycles. The molecule has 0 aliphatic rings. The monoisotopic (exact) mass is 584 g/mol. The van der Waals surface area contributed by atoms with E-state index in [1.807, 2.05) is 25.9 Å². The van der Waals surface area contributed by atoms with Crippen LogP contribution in [0.2, 0.25) is 5.02 Å². The predicted octanol–water partition coefficient (Wildman–Crippen LogP) is 6.66. The van der Waals surface area contributed by atoms with Gasteiger partial charge in [0.2, 0.25) is 5.91 Å². The number of nitrogens with one attached hydrogen (secondary N) is 2. The van der Waals surface area contributed by atoms with Crippen LogP contribution < -0.4 is 20.1 Å². The van der Waals surface area contributed by atoms with Gasteiger partial charge in [-0.15, -0.1) is 0 Å². The molecule has 1 amide bonds. The molecule has 0 fully saturated rings. The third kappa shape index (κ3) is 8.80. The lowest BCUT2D eigenvalue weighted by atomic mass is 10.1. The van der Waals surface area contributed by atoms with Crippen molar-refractivity contribution in [3.05, 3.63) is 96.9 Å². The van der Waals surface area contributed by atoms with Gasteiger partial charge in [-0.1, -0.05) is 43.0 Å². The van der Waals surface area contributed by atoms with E-state index >= 15 is 0 Å². The Labute approximate surface area is 251 Å². The Morgan fingerprint density at radius 1 is 1.19 bits per heavy atom. The van der Waals surface area contributed by atoms with Gasteiger partial charge in [-0.2, -0.15) is 5.26 Å². The minimum Gasteiger partial charge on any atom is -0.492 e. The lowest BCUT2D eigenvalue weighted by Crippen LogP contribution is -2.13. The van der Waals surface area contributed by atoms with Crippen LogP contribution in [0.15, 0.2) is 91.3 Å². The fraction of sp³-hybridized carbons (Fsp3) is 0.188. The number of ether oxygens (including phenoxy) is 2. The van der Waals surface area contributed by atoms with E-state index in [4.69, 9.17) is 21.1 Å². The molecule has 0 saturated carbocycles. The SMILES string of the molecule is C=C/C=C\C(COc1ccc(Nc2c(C#N)cnc3cc(OCC)c(NC(=O)/C=C/CN(C)C)cc23)cc1Cl)=N/C=C. The molecule has 0 unspecified atom stereocenters. The Kier molecular flexibility index (Phi) is 11.9. The van der Waals surface area contributed by atoms with Crippen LogP contribution >= 0.6 is 11.6 Å². The Morgan fingerprint density at radius 3 is 2.67 bits per heavy atom. The maximum Gasteiger partial charge on any atom is 0.248 e. The normalized spacial score (nSPS) is 11.6. The van der Waals surface area contributed by atoms with Crippen LogP contribution in [-0.4, -0.2) is 55.4 Å². The van der Waals surface area contributed by atoms with Crippen molar-refractivity contribution >= 4 is 51.2 Å². The summed E-state index contributed by atoms with van der Waals surface area (Å²) in [5.41, 5.74) is 3.11. The number of fused-ring (bicyclic) bond motifs is 1. The summed E-state index contributed by atoms with van der Waals surface area (Å²) in [6.07, 6.45) is 11.3. The molecule has 3 aromatic rings. The average Bonchev–Trinajstić information content (AvgIpc) is 2.96. The number of allylic oxidation sites excluding steroid dienone is 2. The summed E-state index contributed by atoms with van der Waals surface area (Å²) in [6, 6.07) is 10.9. The van der Waals surface area contributed by atoms with Crippen LogP contribution in [0.3, 0.4) is 0 Å². The maximum absolute atomic E-state index is 12.6. The second kappa shape index (κ2) is 15.8. The molecule has 1 aromatic heterocycles. The highest BCUT2D eigenvalue weighted by Gasteiger charge is 2.16.